The molecule has 1 aromatic heterocycles. The number of nitrogens with zero attached hydrogens (tertiary/aromatic N) is 3. The number of halogens is 1. The topological polar surface area (TPSA) is 102 Å². The molecule has 2 aromatic rings. The van der Waals surface area contributed by atoms with Crippen molar-refractivity contribution < 1.29 is 24.2 Å². The van der Waals surface area contributed by atoms with E-state index in [-0.39, 0.29) is 16.8 Å². The molecule has 1 aromatic carbocycles. The Kier molecular flexibility index (Phi) is 5.46. The van der Waals surface area contributed by atoms with Crippen LogP contribution in [0.25, 0.3) is 0 Å². The van der Waals surface area contributed by atoms with Gasteiger partial charge < -0.3 is 14.6 Å². The Morgan fingerprint density at radius 2 is 2.07 bits per heavy atom. The fourth-order valence-corrected chi connectivity index (χ4v) is 2.69. The summed E-state index contributed by atoms with van der Waals surface area (Å²) in [7, 11) is 1.31. The molecule has 0 atom stereocenters. The number of ether oxygens (including phenoxy) is 2. The summed E-state index contributed by atoms with van der Waals surface area (Å²) in [5.74, 6) is -0.138. The number of hydrogen-bond acceptors (Lipinski definition) is 6. The average molecular weight is 392 g/mol. The first-order valence-corrected chi connectivity index (χ1v) is 8.68. The predicted molar refractivity (Wildman–Crippen MR) is 96.6 cm³/mol. The van der Waals surface area contributed by atoms with Gasteiger partial charge in [0.05, 0.1) is 0 Å². The minimum Gasteiger partial charge on any atom is -0.480 e. The van der Waals surface area contributed by atoms with E-state index in [4.69, 9.17) is 26.2 Å². The summed E-state index contributed by atoms with van der Waals surface area (Å²) in [4.78, 5) is 23.8. The lowest BCUT2D eigenvalue weighted by atomic mass is 10.1. The van der Waals surface area contributed by atoms with Crippen LogP contribution in [0.1, 0.15) is 29.9 Å². The third-order valence-corrected chi connectivity index (χ3v) is 4.22. The van der Waals surface area contributed by atoms with Crippen LogP contribution in [0, 0.1) is 6.92 Å². The molecule has 0 unspecified atom stereocenters. The molecule has 27 heavy (non-hydrogen) atoms. The van der Waals surface area contributed by atoms with Crippen LogP contribution in [0.4, 0.5) is 4.79 Å². The van der Waals surface area contributed by atoms with Gasteiger partial charge in [0, 0.05) is 13.1 Å². The SMILES string of the molecule is Cc1cccc(C2CC2)c1Oc1nnc(Cl)cc1OC(=O)N(C)CC(=O)O. The Hall–Kier alpha value is -2.87. The van der Waals surface area contributed by atoms with Gasteiger partial charge in [-0.1, -0.05) is 29.8 Å². The number of carboxylic acids is 1. The van der Waals surface area contributed by atoms with Crippen molar-refractivity contribution in [1.82, 2.24) is 15.1 Å². The van der Waals surface area contributed by atoms with Crippen LogP contribution in [-0.4, -0.2) is 45.9 Å². The zero-order chi connectivity index (χ0) is 19.6. The number of carbonyl (C=O) groups is 2. The first-order chi connectivity index (χ1) is 12.8. The van der Waals surface area contributed by atoms with Gasteiger partial charge in [-0.3, -0.25) is 9.69 Å². The standard InChI is InChI=1S/C18H18ClN3O5/c1-10-4-3-5-12(11-6-7-11)16(10)27-17-13(8-14(19)20-21-17)26-18(25)22(2)9-15(23)24/h3-5,8,11H,6-7,9H2,1-2H3,(H,23,24). The molecular formula is C18H18ClN3O5. The number of benzene rings is 1. The van der Waals surface area contributed by atoms with Crippen molar-refractivity contribution in [2.45, 2.75) is 25.7 Å². The molecule has 1 N–H and O–H groups in total. The summed E-state index contributed by atoms with van der Waals surface area (Å²) in [5, 5.41) is 16.4. The normalized spacial score (nSPS) is 13.1. The lowest BCUT2D eigenvalue weighted by Gasteiger charge is -2.17. The van der Waals surface area contributed by atoms with Gasteiger partial charge >= 0.3 is 12.1 Å². The second kappa shape index (κ2) is 7.79. The van der Waals surface area contributed by atoms with Gasteiger partial charge in [0.25, 0.3) is 5.88 Å². The zero-order valence-electron chi connectivity index (χ0n) is 14.8. The van der Waals surface area contributed by atoms with Crippen molar-refractivity contribution in [3.63, 3.8) is 0 Å². The maximum atomic E-state index is 12.1. The van der Waals surface area contributed by atoms with Gasteiger partial charge in [-0.2, -0.15) is 0 Å². The third-order valence-electron chi connectivity index (χ3n) is 4.04. The Morgan fingerprint density at radius 1 is 1.33 bits per heavy atom. The van der Waals surface area contributed by atoms with E-state index < -0.39 is 18.6 Å². The molecule has 3 rings (SSSR count). The van der Waals surface area contributed by atoms with Crippen molar-refractivity contribution in [3.05, 3.63) is 40.5 Å². The van der Waals surface area contributed by atoms with E-state index in [2.05, 4.69) is 10.2 Å². The van der Waals surface area contributed by atoms with Crippen LogP contribution >= 0.6 is 11.6 Å². The minimum absolute atomic E-state index is 0.0123. The molecule has 0 bridgehead atoms. The van der Waals surface area contributed by atoms with Gasteiger partial charge in [0.15, 0.2) is 10.9 Å². The number of rotatable bonds is 6. The number of para-hydroxylation sites is 1. The van der Waals surface area contributed by atoms with Crippen molar-refractivity contribution in [2.75, 3.05) is 13.6 Å². The number of hydrogen-bond donors (Lipinski definition) is 1. The number of likely N-dealkylation sites (N-methyl/N-ethyl adjacent to an activating group) is 1. The first-order valence-electron chi connectivity index (χ1n) is 8.30. The second-order valence-electron chi connectivity index (χ2n) is 6.32. The number of carboxylic acid groups (broad SMARTS) is 1. The van der Waals surface area contributed by atoms with Gasteiger partial charge in [0.2, 0.25) is 0 Å². The van der Waals surface area contributed by atoms with Crippen molar-refractivity contribution in [3.8, 4) is 17.4 Å². The monoisotopic (exact) mass is 391 g/mol. The van der Waals surface area contributed by atoms with Crippen LogP contribution in [0.5, 0.6) is 17.4 Å². The lowest BCUT2D eigenvalue weighted by Crippen LogP contribution is -2.34. The smallest absolute Gasteiger partial charge is 0.415 e. The van der Waals surface area contributed by atoms with Gasteiger partial charge in [-0.05, 0) is 36.8 Å². The van der Waals surface area contributed by atoms with Gasteiger partial charge in [-0.15, -0.1) is 10.2 Å². The van der Waals surface area contributed by atoms with E-state index in [9.17, 15) is 9.59 Å². The van der Waals surface area contributed by atoms with Crippen molar-refractivity contribution >= 4 is 23.7 Å². The number of carbonyl (C=O) groups excluding carboxylic acids is 1. The highest BCUT2D eigenvalue weighted by Gasteiger charge is 2.28. The molecule has 1 saturated carbocycles. The Balaban J connectivity index is 1.87. The molecule has 0 spiro atoms. The highest BCUT2D eigenvalue weighted by atomic mass is 35.5. The summed E-state index contributed by atoms with van der Waals surface area (Å²) in [6, 6.07) is 7.17. The molecule has 0 saturated heterocycles. The molecular weight excluding hydrogens is 374 g/mol. The predicted octanol–water partition coefficient (Wildman–Crippen LogP) is 3.62. The summed E-state index contributed by atoms with van der Waals surface area (Å²) >= 11 is 5.86. The summed E-state index contributed by atoms with van der Waals surface area (Å²) < 4.78 is 11.2. The second-order valence-corrected chi connectivity index (χ2v) is 6.71. The zero-order valence-corrected chi connectivity index (χ0v) is 15.6. The largest absolute Gasteiger partial charge is 0.480 e. The molecule has 0 radical (unpaired) electrons. The molecule has 142 valence electrons. The average Bonchev–Trinajstić information content (AvgIpc) is 3.43. The van der Waals surface area contributed by atoms with Gasteiger partial charge in [-0.25, -0.2) is 4.79 Å². The van der Waals surface area contributed by atoms with E-state index in [1.165, 1.54) is 13.1 Å². The molecule has 1 heterocycles. The molecule has 1 amide bonds. The Labute approximate surface area is 160 Å². The van der Waals surface area contributed by atoms with E-state index in [0.717, 1.165) is 28.9 Å². The Morgan fingerprint density at radius 3 is 2.74 bits per heavy atom. The highest BCUT2D eigenvalue weighted by molar-refractivity contribution is 6.29. The molecule has 1 aliphatic rings. The summed E-state index contributed by atoms with van der Waals surface area (Å²) in [6.45, 7) is 1.40. The van der Waals surface area contributed by atoms with Crippen LogP contribution in [0.2, 0.25) is 5.15 Å². The first kappa shape index (κ1) is 18.9. The summed E-state index contributed by atoms with van der Waals surface area (Å²) in [6.07, 6.45) is 1.31. The Bertz CT molecular complexity index is 885. The summed E-state index contributed by atoms with van der Waals surface area (Å²) in [5.41, 5.74) is 1.98. The van der Waals surface area contributed by atoms with Crippen LogP contribution in [0.15, 0.2) is 24.3 Å². The van der Waals surface area contributed by atoms with E-state index in [1.54, 1.807) is 0 Å². The molecule has 9 heteroatoms. The molecule has 1 fully saturated rings. The van der Waals surface area contributed by atoms with Crippen LogP contribution in [-0.2, 0) is 4.79 Å². The highest BCUT2D eigenvalue weighted by Crippen LogP contribution is 2.46. The van der Waals surface area contributed by atoms with E-state index in [0.29, 0.717) is 11.7 Å². The van der Waals surface area contributed by atoms with E-state index in [1.807, 2.05) is 25.1 Å². The maximum Gasteiger partial charge on any atom is 0.415 e. The molecule has 8 nitrogen and oxygen atoms in total. The van der Waals surface area contributed by atoms with Crippen molar-refractivity contribution in [1.29, 1.82) is 0 Å². The quantitative estimate of drug-likeness (QED) is 0.802. The fourth-order valence-electron chi connectivity index (χ4n) is 2.55. The number of amides is 1. The lowest BCUT2D eigenvalue weighted by molar-refractivity contribution is -0.137. The maximum absolute atomic E-state index is 12.1. The number of aliphatic carboxylic acids is 1. The molecule has 0 aliphatic heterocycles. The van der Waals surface area contributed by atoms with Crippen molar-refractivity contribution in [2.24, 2.45) is 0 Å². The fraction of sp³-hybridized carbons (Fsp3) is 0.333. The minimum atomic E-state index is -1.16. The van der Waals surface area contributed by atoms with Gasteiger partial charge in [0.1, 0.15) is 12.3 Å². The van der Waals surface area contributed by atoms with Crippen LogP contribution in [0.3, 0.4) is 0 Å². The van der Waals surface area contributed by atoms with E-state index >= 15 is 0 Å². The third kappa shape index (κ3) is 4.65. The number of aryl methyl sites for hydroxylation is 1. The van der Waals surface area contributed by atoms with Crippen LogP contribution < -0.4 is 9.47 Å². The molecule has 1 aliphatic carbocycles. The number of aromatic nitrogens is 2.